The standard InChI is InChI=1S/C10H18O4/c1-8(2)9(3,6-11)4-5-10(8,14)7(12)13/h11,14H,4-6H2,1-3H3,(H,12,13). The van der Waals surface area contributed by atoms with Crippen LogP contribution in [-0.4, -0.2) is 33.5 Å². The fourth-order valence-electron chi connectivity index (χ4n) is 2.23. The largest absolute Gasteiger partial charge is 0.479 e. The molecule has 1 aliphatic carbocycles. The van der Waals surface area contributed by atoms with Gasteiger partial charge in [-0.15, -0.1) is 0 Å². The minimum absolute atomic E-state index is 0.102. The van der Waals surface area contributed by atoms with Crippen LogP contribution < -0.4 is 0 Å². The Balaban J connectivity index is 3.15. The van der Waals surface area contributed by atoms with E-state index in [0.29, 0.717) is 6.42 Å². The number of aliphatic hydroxyl groups is 2. The third kappa shape index (κ3) is 1.10. The van der Waals surface area contributed by atoms with Crippen LogP contribution >= 0.6 is 0 Å². The van der Waals surface area contributed by atoms with Crippen molar-refractivity contribution in [2.24, 2.45) is 10.8 Å². The van der Waals surface area contributed by atoms with Gasteiger partial charge in [0.25, 0.3) is 0 Å². The van der Waals surface area contributed by atoms with Crippen LogP contribution in [0.15, 0.2) is 0 Å². The Morgan fingerprint density at radius 2 is 1.79 bits per heavy atom. The van der Waals surface area contributed by atoms with Gasteiger partial charge in [0.05, 0.1) is 0 Å². The highest BCUT2D eigenvalue weighted by Gasteiger charge is 2.63. The second-order valence-electron chi connectivity index (χ2n) is 5.01. The van der Waals surface area contributed by atoms with Crippen molar-refractivity contribution in [1.82, 2.24) is 0 Å². The summed E-state index contributed by atoms with van der Waals surface area (Å²) >= 11 is 0. The van der Waals surface area contributed by atoms with Crippen LogP contribution in [0.3, 0.4) is 0 Å². The lowest BCUT2D eigenvalue weighted by Crippen LogP contribution is -2.53. The molecule has 2 unspecified atom stereocenters. The summed E-state index contributed by atoms with van der Waals surface area (Å²) in [6, 6.07) is 0. The first-order chi connectivity index (χ1) is 6.21. The van der Waals surface area contributed by atoms with Crippen molar-refractivity contribution in [2.45, 2.75) is 39.2 Å². The molecule has 0 aliphatic heterocycles. The van der Waals surface area contributed by atoms with Gasteiger partial charge in [-0.2, -0.15) is 0 Å². The number of carboxylic acids is 1. The minimum Gasteiger partial charge on any atom is -0.479 e. The van der Waals surface area contributed by atoms with Gasteiger partial charge in [-0.3, -0.25) is 0 Å². The number of aliphatic hydroxyl groups excluding tert-OH is 1. The first kappa shape index (κ1) is 11.5. The molecule has 1 aliphatic rings. The van der Waals surface area contributed by atoms with Crippen molar-refractivity contribution in [1.29, 1.82) is 0 Å². The Labute approximate surface area is 83.6 Å². The van der Waals surface area contributed by atoms with Gasteiger partial charge < -0.3 is 15.3 Å². The topological polar surface area (TPSA) is 77.8 Å². The lowest BCUT2D eigenvalue weighted by Gasteiger charge is -2.42. The molecule has 4 nitrogen and oxygen atoms in total. The second-order valence-corrected chi connectivity index (χ2v) is 5.01. The Kier molecular flexibility index (Phi) is 2.41. The Morgan fingerprint density at radius 3 is 2.00 bits per heavy atom. The Morgan fingerprint density at radius 1 is 1.29 bits per heavy atom. The maximum Gasteiger partial charge on any atom is 0.336 e. The van der Waals surface area contributed by atoms with Crippen LogP contribution in [0.5, 0.6) is 0 Å². The summed E-state index contributed by atoms with van der Waals surface area (Å²) in [6.07, 6.45) is 0.728. The van der Waals surface area contributed by atoms with E-state index in [1.54, 1.807) is 13.8 Å². The van der Waals surface area contributed by atoms with Crippen LogP contribution in [0.1, 0.15) is 33.6 Å². The quantitative estimate of drug-likeness (QED) is 0.613. The molecular weight excluding hydrogens is 184 g/mol. The summed E-state index contributed by atoms with van der Waals surface area (Å²) < 4.78 is 0. The monoisotopic (exact) mass is 202 g/mol. The average Bonchev–Trinajstić information content (AvgIpc) is 2.28. The summed E-state index contributed by atoms with van der Waals surface area (Å²) in [5.74, 6) is -1.19. The molecule has 0 amide bonds. The Bertz CT molecular complexity index is 261. The summed E-state index contributed by atoms with van der Waals surface area (Å²) in [4.78, 5) is 11.0. The summed E-state index contributed by atoms with van der Waals surface area (Å²) in [5.41, 5.74) is -3.06. The average molecular weight is 202 g/mol. The highest BCUT2D eigenvalue weighted by molar-refractivity contribution is 5.79. The van der Waals surface area contributed by atoms with Crippen LogP contribution in [0.25, 0.3) is 0 Å². The molecule has 4 heteroatoms. The van der Waals surface area contributed by atoms with E-state index in [4.69, 9.17) is 5.11 Å². The fraction of sp³-hybridized carbons (Fsp3) is 0.900. The molecule has 82 valence electrons. The lowest BCUT2D eigenvalue weighted by molar-refractivity contribution is -0.175. The number of carboxylic acid groups (broad SMARTS) is 1. The van der Waals surface area contributed by atoms with Gasteiger partial charge in [0.2, 0.25) is 0 Å². The zero-order chi connectivity index (χ0) is 11.2. The van der Waals surface area contributed by atoms with Gasteiger partial charge >= 0.3 is 5.97 Å². The first-order valence-corrected chi connectivity index (χ1v) is 4.78. The van der Waals surface area contributed by atoms with Crippen LogP contribution in [0.2, 0.25) is 0 Å². The van der Waals surface area contributed by atoms with Gasteiger partial charge in [0.1, 0.15) is 0 Å². The van der Waals surface area contributed by atoms with Gasteiger partial charge in [0.15, 0.2) is 5.60 Å². The third-order valence-electron chi connectivity index (χ3n) is 4.28. The predicted octanol–water partition coefficient (Wildman–Crippen LogP) is 0.621. The SMILES string of the molecule is CC1(CO)CCC(O)(C(=O)O)C1(C)C. The molecule has 1 fully saturated rings. The van der Waals surface area contributed by atoms with E-state index in [0.717, 1.165) is 0 Å². The van der Waals surface area contributed by atoms with E-state index < -0.39 is 22.4 Å². The molecule has 0 saturated heterocycles. The van der Waals surface area contributed by atoms with Crippen LogP contribution in [-0.2, 0) is 4.79 Å². The van der Waals surface area contributed by atoms with E-state index in [9.17, 15) is 15.0 Å². The van der Waals surface area contributed by atoms with Gasteiger partial charge in [-0.25, -0.2) is 4.79 Å². The normalized spacial score (nSPS) is 41.2. The predicted molar refractivity (Wildman–Crippen MR) is 50.8 cm³/mol. The molecule has 1 saturated carbocycles. The molecule has 0 radical (unpaired) electrons. The summed E-state index contributed by atoms with van der Waals surface area (Å²) in [6.45, 7) is 5.11. The lowest BCUT2D eigenvalue weighted by atomic mass is 9.64. The van der Waals surface area contributed by atoms with E-state index in [1.165, 1.54) is 0 Å². The molecule has 14 heavy (non-hydrogen) atoms. The van der Waals surface area contributed by atoms with Crippen molar-refractivity contribution >= 4 is 5.97 Å². The van der Waals surface area contributed by atoms with Gasteiger partial charge in [-0.1, -0.05) is 20.8 Å². The van der Waals surface area contributed by atoms with Crippen molar-refractivity contribution < 1.29 is 20.1 Å². The molecule has 0 bridgehead atoms. The summed E-state index contributed by atoms with van der Waals surface area (Å²) in [5, 5.41) is 28.3. The Hall–Kier alpha value is -0.610. The van der Waals surface area contributed by atoms with E-state index >= 15 is 0 Å². The smallest absolute Gasteiger partial charge is 0.336 e. The molecule has 0 aromatic rings. The van der Waals surface area contributed by atoms with Gasteiger partial charge in [-0.05, 0) is 18.3 Å². The molecule has 0 spiro atoms. The minimum atomic E-state index is -1.72. The van der Waals surface area contributed by atoms with Crippen LogP contribution in [0, 0.1) is 10.8 Å². The molecular formula is C10H18O4. The third-order valence-corrected chi connectivity index (χ3v) is 4.28. The number of hydrogen-bond donors (Lipinski definition) is 3. The highest BCUT2D eigenvalue weighted by atomic mass is 16.4. The zero-order valence-electron chi connectivity index (χ0n) is 8.87. The molecule has 0 heterocycles. The number of carbonyl (C=O) groups is 1. The van der Waals surface area contributed by atoms with Crippen molar-refractivity contribution in [3.8, 4) is 0 Å². The molecule has 2 atom stereocenters. The number of rotatable bonds is 2. The molecule has 3 N–H and O–H groups in total. The van der Waals surface area contributed by atoms with Crippen LogP contribution in [0.4, 0.5) is 0 Å². The fourth-order valence-corrected chi connectivity index (χ4v) is 2.23. The second kappa shape index (κ2) is 2.94. The number of aliphatic carboxylic acids is 1. The van der Waals surface area contributed by atoms with Crippen molar-refractivity contribution in [3.63, 3.8) is 0 Å². The summed E-state index contributed by atoms with van der Waals surface area (Å²) in [7, 11) is 0. The van der Waals surface area contributed by atoms with Crippen molar-refractivity contribution in [3.05, 3.63) is 0 Å². The molecule has 0 aromatic heterocycles. The molecule has 0 aromatic carbocycles. The van der Waals surface area contributed by atoms with E-state index in [1.807, 2.05) is 6.92 Å². The zero-order valence-corrected chi connectivity index (χ0v) is 8.87. The van der Waals surface area contributed by atoms with Crippen molar-refractivity contribution in [2.75, 3.05) is 6.61 Å². The maximum atomic E-state index is 11.0. The molecule has 1 rings (SSSR count). The van der Waals surface area contributed by atoms with Gasteiger partial charge in [0, 0.05) is 12.0 Å². The maximum absolute atomic E-state index is 11.0. The number of hydrogen-bond acceptors (Lipinski definition) is 3. The first-order valence-electron chi connectivity index (χ1n) is 4.78. The van der Waals surface area contributed by atoms with E-state index in [2.05, 4.69) is 0 Å². The van der Waals surface area contributed by atoms with E-state index in [-0.39, 0.29) is 13.0 Å². The highest BCUT2D eigenvalue weighted by Crippen LogP contribution is 2.57.